The molecule has 4 heteroatoms. The molecular weight excluding hydrogens is 186 g/mol. The quantitative estimate of drug-likeness (QED) is 0.681. The second-order valence-electron chi connectivity index (χ2n) is 3.03. The Morgan fingerprint density at radius 1 is 1.77 bits per heavy atom. The molecule has 2 heterocycles. The molecule has 70 valence electrons. The average molecular weight is 197 g/mol. The summed E-state index contributed by atoms with van der Waals surface area (Å²) in [5, 5.41) is 5.21. The van der Waals surface area contributed by atoms with Gasteiger partial charge in [-0.15, -0.1) is 11.3 Å². The molecule has 2 rings (SSSR count). The van der Waals surface area contributed by atoms with Crippen LogP contribution in [0.5, 0.6) is 0 Å². The topological polar surface area (TPSA) is 38.3 Å². The minimum Gasteiger partial charge on any atom is -0.468 e. The highest BCUT2D eigenvalue weighted by atomic mass is 32.1. The Morgan fingerprint density at radius 2 is 2.62 bits per heavy atom. The standard InChI is InChI=1S/C9H11NO2S/c1-12-9(11)7-4-6-2-3-13-8(6)5-10-7/h2-3,7,10H,4-5H2,1H3. The second-order valence-corrected chi connectivity index (χ2v) is 4.03. The minimum atomic E-state index is -0.170. The lowest BCUT2D eigenvalue weighted by Gasteiger charge is -2.21. The molecule has 1 aliphatic rings. The number of thiophene rings is 1. The van der Waals surface area contributed by atoms with Crippen molar-refractivity contribution < 1.29 is 9.53 Å². The van der Waals surface area contributed by atoms with Gasteiger partial charge in [0.15, 0.2) is 0 Å². The molecule has 1 N–H and O–H groups in total. The van der Waals surface area contributed by atoms with Gasteiger partial charge in [-0.1, -0.05) is 0 Å². The molecule has 1 aromatic heterocycles. The molecule has 1 unspecified atom stereocenters. The van der Waals surface area contributed by atoms with Gasteiger partial charge in [-0.05, 0) is 23.4 Å². The van der Waals surface area contributed by atoms with E-state index in [2.05, 4.69) is 21.5 Å². The van der Waals surface area contributed by atoms with Gasteiger partial charge in [-0.25, -0.2) is 0 Å². The lowest BCUT2D eigenvalue weighted by molar-refractivity contribution is -0.143. The molecule has 0 aliphatic carbocycles. The molecule has 3 nitrogen and oxygen atoms in total. The highest BCUT2D eigenvalue weighted by molar-refractivity contribution is 7.10. The van der Waals surface area contributed by atoms with Gasteiger partial charge < -0.3 is 4.74 Å². The number of rotatable bonds is 1. The number of fused-ring (bicyclic) bond motifs is 1. The van der Waals surface area contributed by atoms with Crippen molar-refractivity contribution >= 4 is 17.3 Å². The molecule has 13 heavy (non-hydrogen) atoms. The zero-order valence-electron chi connectivity index (χ0n) is 7.37. The summed E-state index contributed by atoms with van der Waals surface area (Å²) in [6.07, 6.45) is 0.755. The van der Waals surface area contributed by atoms with Crippen molar-refractivity contribution in [3.63, 3.8) is 0 Å². The summed E-state index contributed by atoms with van der Waals surface area (Å²) in [5.74, 6) is -0.170. The van der Waals surface area contributed by atoms with Gasteiger partial charge in [0.2, 0.25) is 0 Å². The molecule has 0 saturated heterocycles. The predicted octanol–water partition coefficient (Wildman–Crippen LogP) is 0.935. The zero-order chi connectivity index (χ0) is 9.26. The number of carbonyl (C=O) groups excluding carboxylic acids is 1. The molecule has 1 aliphatic heterocycles. The molecule has 1 aromatic rings. The van der Waals surface area contributed by atoms with Crippen molar-refractivity contribution in [2.45, 2.75) is 19.0 Å². The van der Waals surface area contributed by atoms with Gasteiger partial charge in [-0.2, -0.15) is 0 Å². The third-order valence-electron chi connectivity index (χ3n) is 2.26. The molecule has 0 saturated carbocycles. The molecule has 0 radical (unpaired) electrons. The first kappa shape index (κ1) is 8.72. The zero-order valence-corrected chi connectivity index (χ0v) is 8.19. The van der Waals surface area contributed by atoms with E-state index in [1.54, 1.807) is 11.3 Å². The fourth-order valence-electron chi connectivity index (χ4n) is 1.52. The van der Waals surface area contributed by atoms with E-state index in [0.29, 0.717) is 0 Å². The van der Waals surface area contributed by atoms with E-state index in [4.69, 9.17) is 0 Å². The minimum absolute atomic E-state index is 0.160. The van der Waals surface area contributed by atoms with E-state index in [1.165, 1.54) is 17.6 Å². The lowest BCUT2D eigenvalue weighted by atomic mass is 10.0. The molecule has 0 amide bonds. The molecule has 0 bridgehead atoms. The number of ether oxygens (including phenoxy) is 1. The number of nitrogens with one attached hydrogen (secondary N) is 1. The van der Waals surface area contributed by atoms with E-state index in [-0.39, 0.29) is 12.0 Å². The normalized spacial score (nSPS) is 20.8. The van der Waals surface area contributed by atoms with Gasteiger partial charge in [0.25, 0.3) is 0 Å². The smallest absolute Gasteiger partial charge is 0.323 e. The van der Waals surface area contributed by atoms with Crippen LogP contribution in [-0.4, -0.2) is 19.1 Å². The summed E-state index contributed by atoms with van der Waals surface area (Å²) in [4.78, 5) is 12.6. The average Bonchev–Trinajstić information content (AvgIpc) is 2.63. The van der Waals surface area contributed by atoms with Crippen LogP contribution in [0.3, 0.4) is 0 Å². The van der Waals surface area contributed by atoms with Crippen LogP contribution in [0, 0.1) is 0 Å². The number of methoxy groups -OCH3 is 1. The first-order chi connectivity index (χ1) is 6.31. The Kier molecular flexibility index (Phi) is 2.33. The molecule has 1 atom stereocenters. The summed E-state index contributed by atoms with van der Waals surface area (Å²) in [7, 11) is 1.42. The number of hydrogen-bond acceptors (Lipinski definition) is 4. The fourth-order valence-corrected chi connectivity index (χ4v) is 2.39. The third kappa shape index (κ3) is 1.59. The predicted molar refractivity (Wildman–Crippen MR) is 50.7 cm³/mol. The van der Waals surface area contributed by atoms with Crippen LogP contribution in [0.4, 0.5) is 0 Å². The maximum Gasteiger partial charge on any atom is 0.323 e. The summed E-state index contributed by atoms with van der Waals surface area (Å²) >= 11 is 1.73. The Labute approximate surface area is 80.7 Å². The van der Waals surface area contributed by atoms with Crippen LogP contribution in [0.25, 0.3) is 0 Å². The van der Waals surface area contributed by atoms with Gasteiger partial charge in [0.05, 0.1) is 7.11 Å². The summed E-state index contributed by atoms with van der Waals surface area (Å²) < 4.78 is 4.68. The van der Waals surface area contributed by atoms with E-state index >= 15 is 0 Å². The summed E-state index contributed by atoms with van der Waals surface area (Å²) in [6.45, 7) is 0.784. The van der Waals surface area contributed by atoms with Crippen LogP contribution in [-0.2, 0) is 22.5 Å². The van der Waals surface area contributed by atoms with Crippen molar-refractivity contribution in [1.29, 1.82) is 0 Å². The van der Waals surface area contributed by atoms with Crippen LogP contribution in [0.2, 0.25) is 0 Å². The van der Waals surface area contributed by atoms with Crippen LogP contribution >= 0.6 is 11.3 Å². The molecular formula is C9H11NO2S. The van der Waals surface area contributed by atoms with E-state index in [9.17, 15) is 4.79 Å². The van der Waals surface area contributed by atoms with Crippen LogP contribution in [0.1, 0.15) is 10.4 Å². The molecule has 0 fully saturated rings. The number of hydrogen-bond donors (Lipinski definition) is 1. The van der Waals surface area contributed by atoms with Crippen molar-refractivity contribution in [3.8, 4) is 0 Å². The summed E-state index contributed by atoms with van der Waals surface area (Å²) in [5.41, 5.74) is 1.28. The van der Waals surface area contributed by atoms with Crippen molar-refractivity contribution in [2.75, 3.05) is 7.11 Å². The van der Waals surface area contributed by atoms with E-state index < -0.39 is 0 Å². The summed E-state index contributed by atoms with van der Waals surface area (Å²) in [6, 6.07) is 1.92. The Bertz CT molecular complexity index is 321. The first-order valence-corrected chi connectivity index (χ1v) is 5.05. The maximum absolute atomic E-state index is 11.2. The van der Waals surface area contributed by atoms with Gasteiger partial charge in [-0.3, -0.25) is 10.1 Å². The number of esters is 1. The lowest BCUT2D eigenvalue weighted by Crippen LogP contribution is -2.41. The van der Waals surface area contributed by atoms with Gasteiger partial charge in [0, 0.05) is 11.4 Å². The highest BCUT2D eigenvalue weighted by Crippen LogP contribution is 2.22. The van der Waals surface area contributed by atoms with Crippen molar-refractivity contribution in [2.24, 2.45) is 0 Å². The molecule has 0 spiro atoms. The van der Waals surface area contributed by atoms with Crippen LogP contribution < -0.4 is 5.32 Å². The number of carbonyl (C=O) groups is 1. The molecule has 0 aromatic carbocycles. The van der Waals surface area contributed by atoms with Crippen molar-refractivity contribution in [3.05, 3.63) is 21.9 Å². The fraction of sp³-hybridized carbons (Fsp3) is 0.444. The Morgan fingerprint density at radius 3 is 3.38 bits per heavy atom. The van der Waals surface area contributed by atoms with E-state index in [1.807, 2.05) is 0 Å². The van der Waals surface area contributed by atoms with Gasteiger partial charge >= 0.3 is 5.97 Å². The SMILES string of the molecule is COC(=O)C1Cc2ccsc2CN1. The largest absolute Gasteiger partial charge is 0.468 e. The third-order valence-corrected chi connectivity index (χ3v) is 3.22. The monoisotopic (exact) mass is 197 g/mol. The Balaban J connectivity index is 2.13. The maximum atomic E-state index is 11.2. The second kappa shape index (κ2) is 3.47. The van der Waals surface area contributed by atoms with E-state index in [0.717, 1.165) is 13.0 Å². The highest BCUT2D eigenvalue weighted by Gasteiger charge is 2.24. The van der Waals surface area contributed by atoms with Crippen molar-refractivity contribution in [1.82, 2.24) is 5.32 Å². The Hall–Kier alpha value is -0.870. The van der Waals surface area contributed by atoms with Gasteiger partial charge in [0.1, 0.15) is 6.04 Å². The first-order valence-electron chi connectivity index (χ1n) is 4.17. The van der Waals surface area contributed by atoms with Crippen LogP contribution in [0.15, 0.2) is 11.4 Å².